The van der Waals surface area contributed by atoms with E-state index in [0.29, 0.717) is 4.57 Å². The van der Waals surface area contributed by atoms with Gasteiger partial charge in [-0.25, -0.2) is 4.79 Å². The van der Waals surface area contributed by atoms with Crippen molar-refractivity contribution in [2.45, 2.75) is 37.7 Å². The molecule has 0 spiro atoms. The van der Waals surface area contributed by atoms with E-state index in [9.17, 15) is 23.5 Å². The zero-order chi connectivity index (χ0) is 16.5. The van der Waals surface area contributed by atoms with Gasteiger partial charge in [0, 0.05) is 12.6 Å². The van der Waals surface area contributed by atoms with E-state index in [2.05, 4.69) is 10.3 Å². The molecule has 122 valence electrons. The number of aliphatic hydroxyl groups is 2. The molecule has 10 heteroatoms. The third kappa shape index (κ3) is 2.85. The Hall–Kier alpha value is -1.91. The van der Waals surface area contributed by atoms with Gasteiger partial charge < -0.3 is 20.3 Å². The lowest BCUT2D eigenvalue weighted by molar-refractivity contribution is -0.141. The normalized spacial score (nSPS) is 26.9. The van der Waals surface area contributed by atoms with Crippen molar-refractivity contribution in [3.63, 3.8) is 0 Å². The summed E-state index contributed by atoms with van der Waals surface area (Å²) in [6, 6.07) is 1.16. The van der Waals surface area contributed by atoms with Crippen molar-refractivity contribution in [1.29, 1.82) is 0 Å². The number of carbonyl (C=O) groups is 1. The Labute approximate surface area is 123 Å². The number of aromatic nitrogens is 2. The summed E-state index contributed by atoms with van der Waals surface area (Å²) < 4.78 is 33.2. The number of halogens is 2. The third-order valence-corrected chi connectivity index (χ3v) is 3.23. The number of rotatable bonds is 4. The lowest BCUT2D eigenvalue weighted by atomic mass is 10.1. The molecule has 22 heavy (non-hydrogen) atoms. The highest BCUT2D eigenvalue weighted by atomic mass is 19.3. The van der Waals surface area contributed by atoms with Crippen LogP contribution in [-0.4, -0.2) is 50.4 Å². The van der Waals surface area contributed by atoms with E-state index in [1.54, 1.807) is 6.92 Å². The lowest BCUT2D eigenvalue weighted by Crippen LogP contribution is -2.41. The number of alkyl halides is 2. The quantitative estimate of drug-likeness (QED) is 0.688. The smallest absolute Gasteiger partial charge is 0.351 e. The molecule has 1 aliphatic rings. The fraction of sp³-hybridized carbons (Fsp3) is 0.583. The van der Waals surface area contributed by atoms with Crippen molar-refractivity contribution in [3.05, 3.63) is 22.7 Å². The van der Waals surface area contributed by atoms with Crippen molar-refractivity contribution < 1.29 is 28.5 Å². The van der Waals surface area contributed by atoms with Gasteiger partial charge in [-0.2, -0.15) is 13.8 Å². The predicted octanol–water partition coefficient (Wildman–Crippen LogP) is -0.522. The van der Waals surface area contributed by atoms with Gasteiger partial charge in [-0.3, -0.25) is 9.36 Å². The molecule has 2 heterocycles. The van der Waals surface area contributed by atoms with Crippen LogP contribution in [-0.2, 0) is 9.53 Å². The largest absolute Gasteiger partial charge is 0.394 e. The van der Waals surface area contributed by atoms with E-state index >= 15 is 0 Å². The summed E-state index contributed by atoms with van der Waals surface area (Å²) in [5, 5.41) is 20.6. The van der Waals surface area contributed by atoms with Gasteiger partial charge >= 0.3 is 11.6 Å². The molecule has 1 fully saturated rings. The van der Waals surface area contributed by atoms with Crippen LogP contribution in [0.25, 0.3) is 0 Å². The summed E-state index contributed by atoms with van der Waals surface area (Å²) in [7, 11) is 0. The molecular weight excluding hydrogens is 304 g/mol. The van der Waals surface area contributed by atoms with Crippen LogP contribution in [0.3, 0.4) is 0 Å². The monoisotopic (exact) mass is 319 g/mol. The van der Waals surface area contributed by atoms with Crippen LogP contribution < -0.4 is 11.0 Å². The Morgan fingerprint density at radius 2 is 2.27 bits per heavy atom. The molecule has 0 radical (unpaired) electrons. The SMILES string of the molecule is CCC(=O)Nc1ccn([C@@H]2O[C@H](CO)C(O)C2(F)F)c(=O)n1. The minimum atomic E-state index is -3.77. The Kier molecular flexibility index (Phi) is 4.54. The first-order chi connectivity index (χ1) is 10.3. The van der Waals surface area contributed by atoms with E-state index in [4.69, 9.17) is 9.84 Å². The van der Waals surface area contributed by atoms with Crippen LogP contribution in [0.2, 0.25) is 0 Å². The van der Waals surface area contributed by atoms with Crippen LogP contribution in [0.1, 0.15) is 19.6 Å². The molecule has 1 saturated heterocycles. The number of carbonyl (C=O) groups excluding carboxylic acids is 1. The number of anilines is 1. The van der Waals surface area contributed by atoms with Crippen LogP contribution in [0.15, 0.2) is 17.1 Å². The first kappa shape index (κ1) is 16.5. The fourth-order valence-corrected chi connectivity index (χ4v) is 2.01. The molecule has 1 aliphatic heterocycles. The molecule has 0 bridgehead atoms. The molecule has 8 nitrogen and oxygen atoms in total. The van der Waals surface area contributed by atoms with Gasteiger partial charge in [0.15, 0.2) is 6.10 Å². The molecule has 2 rings (SSSR count). The predicted molar refractivity (Wildman–Crippen MR) is 69.4 cm³/mol. The zero-order valence-electron chi connectivity index (χ0n) is 11.6. The maximum Gasteiger partial charge on any atom is 0.351 e. The average molecular weight is 319 g/mol. The van der Waals surface area contributed by atoms with Crippen LogP contribution in [0.4, 0.5) is 14.6 Å². The lowest BCUT2D eigenvalue weighted by Gasteiger charge is -2.21. The van der Waals surface area contributed by atoms with Crippen molar-refractivity contribution in [3.8, 4) is 0 Å². The van der Waals surface area contributed by atoms with E-state index in [1.165, 1.54) is 0 Å². The number of hydrogen-bond acceptors (Lipinski definition) is 6. The molecule has 0 aliphatic carbocycles. The average Bonchev–Trinajstić information content (AvgIpc) is 2.70. The number of nitrogens with one attached hydrogen (secondary N) is 1. The molecule has 0 aromatic carbocycles. The van der Waals surface area contributed by atoms with Gasteiger partial charge in [-0.05, 0) is 6.07 Å². The molecule has 1 amide bonds. The van der Waals surface area contributed by atoms with E-state index in [-0.39, 0.29) is 18.1 Å². The Morgan fingerprint density at radius 3 is 2.77 bits per heavy atom. The van der Waals surface area contributed by atoms with Crippen LogP contribution >= 0.6 is 0 Å². The van der Waals surface area contributed by atoms with E-state index < -0.39 is 36.7 Å². The first-order valence-corrected chi connectivity index (χ1v) is 6.52. The third-order valence-electron chi connectivity index (χ3n) is 3.23. The maximum absolute atomic E-state index is 13.9. The summed E-state index contributed by atoms with van der Waals surface area (Å²) in [6.45, 7) is 0.778. The van der Waals surface area contributed by atoms with Crippen molar-refractivity contribution in [1.82, 2.24) is 9.55 Å². The van der Waals surface area contributed by atoms with Gasteiger partial charge in [0.1, 0.15) is 11.9 Å². The molecule has 1 unspecified atom stereocenters. The standard InChI is InChI=1S/C12H15F2N3O5/c1-2-8(19)15-7-3-4-17(11(21)16-7)10-12(13,14)9(20)6(5-18)22-10/h3-4,6,9-10,18,20H,2,5H2,1H3,(H,15,16,19,21)/t6-,9?,10-/m1/s1. The molecule has 1 aromatic heterocycles. The van der Waals surface area contributed by atoms with Gasteiger partial charge in [-0.1, -0.05) is 6.92 Å². The first-order valence-electron chi connectivity index (χ1n) is 6.52. The number of nitrogens with zero attached hydrogens (tertiary/aromatic N) is 2. The Balaban J connectivity index is 2.30. The summed E-state index contributed by atoms with van der Waals surface area (Å²) >= 11 is 0. The summed E-state index contributed by atoms with van der Waals surface area (Å²) in [5.41, 5.74) is -1.08. The topological polar surface area (TPSA) is 114 Å². The number of ether oxygens (including phenoxy) is 1. The Bertz CT molecular complexity index is 621. The summed E-state index contributed by atoms with van der Waals surface area (Å²) in [4.78, 5) is 26.5. The second-order valence-electron chi connectivity index (χ2n) is 4.73. The van der Waals surface area contributed by atoms with Crippen LogP contribution in [0, 0.1) is 0 Å². The minimum absolute atomic E-state index is 0.0753. The molecule has 0 saturated carbocycles. The van der Waals surface area contributed by atoms with Crippen molar-refractivity contribution >= 4 is 11.7 Å². The highest BCUT2D eigenvalue weighted by Gasteiger charge is 2.59. The number of amides is 1. The van der Waals surface area contributed by atoms with Gasteiger partial charge in [0.25, 0.3) is 0 Å². The highest BCUT2D eigenvalue weighted by molar-refractivity contribution is 5.89. The van der Waals surface area contributed by atoms with Gasteiger partial charge in [-0.15, -0.1) is 0 Å². The minimum Gasteiger partial charge on any atom is -0.394 e. The zero-order valence-corrected chi connectivity index (χ0v) is 11.6. The van der Waals surface area contributed by atoms with Gasteiger partial charge in [0.05, 0.1) is 6.61 Å². The van der Waals surface area contributed by atoms with Crippen molar-refractivity contribution in [2.24, 2.45) is 0 Å². The molecule has 1 aromatic rings. The molecule has 3 atom stereocenters. The van der Waals surface area contributed by atoms with E-state index in [0.717, 1.165) is 12.3 Å². The number of aliphatic hydroxyl groups excluding tert-OH is 2. The maximum atomic E-state index is 13.9. The second-order valence-corrected chi connectivity index (χ2v) is 4.73. The highest BCUT2D eigenvalue weighted by Crippen LogP contribution is 2.41. The number of hydrogen-bond donors (Lipinski definition) is 3. The van der Waals surface area contributed by atoms with Gasteiger partial charge in [0.2, 0.25) is 12.1 Å². The summed E-state index contributed by atoms with van der Waals surface area (Å²) in [5.74, 6) is -4.23. The summed E-state index contributed by atoms with van der Waals surface area (Å²) in [6.07, 6.45) is -4.69. The van der Waals surface area contributed by atoms with E-state index in [1.807, 2.05) is 0 Å². The van der Waals surface area contributed by atoms with Crippen molar-refractivity contribution in [2.75, 3.05) is 11.9 Å². The molecule has 3 N–H and O–H groups in total. The molecular formula is C12H15F2N3O5. The fourth-order valence-electron chi connectivity index (χ4n) is 2.01. The van der Waals surface area contributed by atoms with Crippen LogP contribution in [0.5, 0.6) is 0 Å². The Morgan fingerprint density at radius 1 is 1.59 bits per heavy atom. The second kappa shape index (κ2) is 6.07.